The van der Waals surface area contributed by atoms with Gasteiger partial charge in [-0.25, -0.2) is 9.78 Å². The molecule has 1 aromatic heterocycles. The van der Waals surface area contributed by atoms with E-state index < -0.39 is 5.97 Å². The first-order valence-corrected chi connectivity index (χ1v) is 8.35. The van der Waals surface area contributed by atoms with Crippen molar-refractivity contribution in [3.8, 4) is 0 Å². The van der Waals surface area contributed by atoms with Crippen LogP contribution in [0.3, 0.4) is 0 Å². The van der Waals surface area contributed by atoms with E-state index in [0.717, 1.165) is 22.4 Å². The van der Waals surface area contributed by atoms with Crippen LogP contribution in [0.15, 0.2) is 24.3 Å². The van der Waals surface area contributed by atoms with E-state index in [1.807, 2.05) is 30.7 Å². The minimum Gasteiger partial charge on any atom is -0.465 e. The molecule has 3 aromatic rings. The fourth-order valence-corrected chi connectivity index (χ4v) is 3.46. The summed E-state index contributed by atoms with van der Waals surface area (Å²) in [7, 11) is 9.16. The van der Waals surface area contributed by atoms with Crippen LogP contribution in [0, 0.1) is 6.92 Å². The monoisotopic (exact) mass is 372 g/mol. The van der Waals surface area contributed by atoms with Gasteiger partial charge in [0.1, 0.15) is 13.7 Å². The first-order valence-electron chi connectivity index (χ1n) is 7.60. The first-order chi connectivity index (χ1) is 11.8. The molecule has 0 fully saturated rings. The summed E-state index contributed by atoms with van der Waals surface area (Å²) in [6, 6.07) is 6.96. The molecule has 0 aliphatic heterocycles. The Morgan fingerprint density at radius 3 is 2.72 bits per heavy atom. The minimum atomic E-state index is -0.503. The molecule has 1 heterocycles. The number of aryl methyl sites for hydroxylation is 2. The summed E-state index contributed by atoms with van der Waals surface area (Å²) in [6.45, 7) is 1.97. The van der Waals surface area contributed by atoms with Crippen LogP contribution in [-0.2, 0) is 18.2 Å². The van der Waals surface area contributed by atoms with Crippen molar-refractivity contribution in [3.05, 3.63) is 56.8 Å². The molecular formula is C18H15BCl2N2O2. The number of fused-ring (bicyclic) bond motifs is 1. The van der Waals surface area contributed by atoms with Crippen molar-refractivity contribution >= 4 is 53.5 Å². The predicted octanol–water partition coefficient (Wildman–Crippen LogP) is 3.36. The maximum absolute atomic E-state index is 11.9. The largest absolute Gasteiger partial charge is 0.465 e. The molecule has 0 atom stereocenters. The molecule has 2 radical (unpaired) electrons. The number of hydrogen-bond donors (Lipinski definition) is 0. The maximum Gasteiger partial charge on any atom is 0.339 e. The number of carbonyl (C=O) groups excluding carboxylic acids is 1. The maximum atomic E-state index is 11.9. The molecule has 0 saturated carbocycles. The second-order valence-electron chi connectivity index (χ2n) is 5.85. The van der Waals surface area contributed by atoms with Gasteiger partial charge in [0.15, 0.2) is 0 Å². The van der Waals surface area contributed by atoms with Gasteiger partial charge >= 0.3 is 5.97 Å². The van der Waals surface area contributed by atoms with Gasteiger partial charge in [0.2, 0.25) is 0 Å². The van der Waals surface area contributed by atoms with E-state index in [0.29, 0.717) is 22.5 Å². The molecule has 3 rings (SSSR count). The predicted molar refractivity (Wildman–Crippen MR) is 101 cm³/mol. The lowest BCUT2D eigenvalue weighted by Crippen LogP contribution is -2.06. The van der Waals surface area contributed by atoms with Gasteiger partial charge in [0, 0.05) is 18.5 Å². The van der Waals surface area contributed by atoms with Crippen LogP contribution in [0.4, 0.5) is 0 Å². The summed E-state index contributed by atoms with van der Waals surface area (Å²) in [5.74, 6) is 0.269. The number of aromatic nitrogens is 2. The van der Waals surface area contributed by atoms with Crippen LogP contribution in [0.5, 0.6) is 0 Å². The third-order valence-corrected chi connectivity index (χ3v) is 5.00. The number of methoxy groups -OCH3 is 1. The van der Waals surface area contributed by atoms with Crippen LogP contribution >= 0.6 is 23.2 Å². The molecule has 2 aromatic carbocycles. The highest BCUT2D eigenvalue weighted by Crippen LogP contribution is 2.31. The van der Waals surface area contributed by atoms with Crippen molar-refractivity contribution in [2.75, 3.05) is 7.11 Å². The second kappa shape index (κ2) is 6.73. The summed E-state index contributed by atoms with van der Waals surface area (Å²) in [6.07, 6.45) is 0.382. The Labute approximate surface area is 157 Å². The van der Waals surface area contributed by atoms with E-state index in [1.165, 1.54) is 7.11 Å². The summed E-state index contributed by atoms with van der Waals surface area (Å²) >= 11 is 12.7. The Morgan fingerprint density at radius 2 is 2.04 bits per heavy atom. The first kappa shape index (κ1) is 17.8. The van der Waals surface area contributed by atoms with E-state index in [4.69, 9.17) is 40.8 Å². The van der Waals surface area contributed by atoms with E-state index in [1.54, 1.807) is 12.1 Å². The number of carbonyl (C=O) groups is 1. The SMILES string of the molecule is [B]c1cc(C)c2nc(Cc3c(Cl)ccc(C(=O)OC)c3Cl)n(C)c2c1. The highest BCUT2D eigenvalue weighted by Gasteiger charge is 2.19. The van der Waals surface area contributed by atoms with Gasteiger partial charge in [-0.15, -0.1) is 0 Å². The number of esters is 1. The Kier molecular flexibility index (Phi) is 4.80. The minimum absolute atomic E-state index is 0.280. The molecule has 0 saturated heterocycles. The molecule has 7 heteroatoms. The number of nitrogens with zero attached hydrogens (tertiary/aromatic N) is 2. The molecule has 0 bridgehead atoms. The van der Waals surface area contributed by atoms with Gasteiger partial charge in [-0.3, -0.25) is 0 Å². The summed E-state index contributed by atoms with van der Waals surface area (Å²) in [5, 5.41) is 0.753. The lowest BCUT2D eigenvalue weighted by molar-refractivity contribution is 0.0601. The van der Waals surface area contributed by atoms with Crippen molar-refractivity contribution < 1.29 is 9.53 Å². The van der Waals surface area contributed by atoms with Crippen LogP contribution in [0.1, 0.15) is 27.3 Å². The molecule has 25 heavy (non-hydrogen) atoms. The molecule has 0 aliphatic rings. The quantitative estimate of drug-likeness (QED) is 0.523. The third-order valence-electron chi connectivity index (χ3n) is 4.22. The zero-order valence-corrected chi connectivity index (χ0v) is 15.6. The van der Waals surface area contributed by atoms with Gasteiger partial charge < -0.3 is 9.30 Å². The number of ether oxygens (including phenoxy) is 1. The fraction of sp³-hybridized carbons (Fsp3) is 0.222. The Morgan fingerprint density at radius 1 is 1.32 bits per heavy atom. The molecule has 0 spiro atoms. The van der Waals surface area contributed by atoms with Crippen LogP contribution in [-0.4, -0.2) is 30.5 Å². The molecule has 0 aliphatic carbocycles. The lowest BCUT2D eigenvalue weighted by atomic mass is 9.94. The van der Waals surface area contributed by atoms with Crippen LogP contribution in [0.25, 0.3) is 11.0 Å². The van der Waals surface area contributed by atoms with Crippen molar-refractivity contribution in [1.29, 1.82) is 0 Å². The molecule has 4 nitrogen and oxygen atoms in total. The lowest BCUT2D eigenvalue weighted by Gasteiger charge is -2.10. The highest BCUT2D eigenvalue weighted by molar-refractivity contribution is 6.38. The fourth-order valence-electron chi connectivity index (χ4n) is 2.88. The smallest absolute Gasteiger partial charge is 0.339 e. The summed E-state index contributed by atoms with van der Waals surface area (Å²) in [4.78, 5) is 16.6. The van der Waals surface area contributed by atoms with Gasteiger partial charge in [-0.05, 0) is 36.2 Å². The Hall–Kier alpha value is -1.98. The molecule has 0 unspecified atom stereocenters. The van der Waals surface area contributed by atoms with E-state index in [9.17, 15) is 4.79 Å². The van der Waals surface area contributed by atoms with Gasteiger partial charge in [0.25, 0.3) is 0 Å². The van der Waals surface area contributed by atoms with Gasteiger partial charge in [-0.2, -0.15) is 0 Å². The van der Waals surface area contributed by atoms with E-state index in [2.05, 4.69) is 0 Å². The zero-order chi connectivity index (χ0) is 18.3. The number of imidazole rings is 1. The average molecular weight is 373 g/mol. The summed E-state index contributed by atoms with van der Waals surface area (Å²) < 4.78 is 6.72. The molecule has 126 valence electrons. The average Bonchev–Trinajstić information content (AvgIpc) is 2.88. The molecular weight excluding hydrogens is 358 g/mol. The van der Waals surface area contributed by atoms with Crippen LogP contribution in [0.2, 0.25) is 10.0 Å². The summed E-state index contributed by atoms with van der Waals surface area (Å²) in [5.41, 5.74) is 4.41. The van der Waals surface area contributed by atoms with E-state index >= 15 is 0 Å². The number of halogens is 2. The third kappa shape index (κ3) is 3.14. The van der Waals surface area contributed by atoms with Crippen molar-refractivity contribution in [3.63, 3.8) is 0 Å². The van der Waals surface area contributed by atoms with E-state index in [-0.39, 0.29) is 10.6 Å². The Balaban J connectivity index is 2.12. The van der Waals surface area contributed by atoms with Crippen molar-refractivity contribution in [1.82, 2.24) is 9.55 Å². The normalized spacial score (nSPS) is 11.1. The van der Waals surface area contributed by atoms with Gasteiger partial charge in [0.05, 0.1) is 28.7 Å². The van der Waals surface area contributed by atoms with Crippen molar-refractivity contribution in [2.24, 2.45) is 7.05 Å². The topological polar surface area (TPSA) is 44.1 Å². The molecule has 0 N–H and O–H groups in total. The second-order valence-corrected chi connectivity index (χ2v) is 6.63. The number of rotatable bonds is 3. The Bertz CT molecular complexity index is 999. The highest BCUT2D eigenvalue weighted by atomic mass is 35.5. The van der Waals surface area contributed by atoms with Gasteiger partial charge in [-0.1, -0.05) is 34.7 Å². The standard InChI is InChI=1S/C18H15BCl2N2O2/c1-9-6-10(19)7-14-17(9)22-15(23(14)2)8-12-13(20)5-4-11(16(12)21)18(24)25-3/h4-7H,8H2,1-3H3. The van der Waals surface area contributed by atoms with Crippen molar-refractivity contribution in [2.45, 2.75) is 13.3 Å². The number of benzene rings is 2. The van der Waals surface area contributed by atoms with Crippen LogP contribution < -0.4 is 5.46 Å². The zero-order valence-electron chi connectivity index (χ0n) is 14.1. The molecule has 0 amide bonds. The number of hydrogen-bond acceptors (Lipinski definition) is 3.